The number of amides is 1. The van der Waals surface area contributed by atoms with E-state index in [1.807, 2.05) is 12.1 Å². The van der Waals surface area contributed by atoms with Crippen LogP contribution in [0.4, 0.5) is 0 Å². The average Bonchev–Trinajstić information content (AvgIpc) is 2.75. The van der Waals surface area contributed by atoms with Crippen LogP contribution in [0.2, 0.25) is 0 Å². The molecule has 0 saturated carbocycles. The van der Waals surface area contributed by atoms with Gasteiger partial charge in [-0.15, -0.1) is 0 Å². The lowest BCUT2D eigenvalue weighted by Crippen LogP contribution is -2.26. The Morgan fingerprint density at radius 1 is 1.35 bits per heavy atom. The molecule has 1 heterocycles. The molecule has 2 atom stereocenters. The van der Waals surface area contributed by atoms with Crippen molar-refractivity contribution in [3.05, 3.63) is 23.8 Å². The number of ether oxygens (including phenoxy) is 2. The Morgan fingerprint density at radius 3 is 2.65 bits per heavy atom. The molecule has 1 amide bonds. The van der Waals surface area contributed by atoms with Gasteiger partial charge in [0.15, 0.2) is 0 Å². The van der Waals surface area contributed by atoms with Crippen LogP contribution in [0.5, 0.6) is 11.5 Å². The molecule has 1 fully saturated rings. The molecule has 0 radical (unpaired) electrons. The zero-order valence-electron chi connectivity index (χ0n) is 12.0. The van der Waals surface area contributed by atoms with E-state index in [2.05, 4.69) is 0 Å². The maximum atomic E-state index is 12.1. The first-order valence-corrected chi connectivity index (χ1v) is 6.55. The van der Waals surface area contributed by atoms with Gasteiger partial charge < -0.3 is 19.2 Å². The van der Waals surface area contributed by atoms with Crippen LogP contribution in [0.15, 0.2) is 18.2 Å². The predicted molar refractivity (Wildman–Crippen MR) is 73.7 cm³/mol. The van der Waals surface area contributed by atoms with Crippen molar-refractivity contribution in [2.24, 2.45) is 11.8 Å². The van der Waals surface area contributed by atoms with Crippen LogP contribution >= 0.6 is 0 Å². The topological polar surface area (TPSA) is 55.8 Å². The molecule has 2 rings (SSSR count). The summed E-state index contributed by atoms with van der Waals surface area (Å²) in [6, 6.07) is 5.50. The molecule has 1 aromatic carbocycles. The number of hydrogen-bond acceptors (Lipinski definition) is 4. The van der Waals surface area contributed by atoms with Gasteiger partial charge in [-0.05, 0) is 12.1 Å². The second-order valence-corrected chi connectivity index (χ2v) is 4.99. The molecule has 0 unspecified atom stereocenters. The van der Waals surface area contributed by atoms with E-state index in [9.17, 15) is 9.59 Å². The number of rotatable bonds is 5. The van der Waals surface area contributed by atoms with Gasteiger partial charge in [-0.1, -0.05) is 6.92 Å². The summed E-state index contributed by atoms with van der Waals surface area (Å²) in [4.78, 5) is 24.8. The van der Waals surface area contributed by atoms with Gasteiger partial charge in [0.1, 0.15) is 17.8 Å². The Kier molecular flexibility index (Phi) is 4.27. The van der Waals surface area contributed by atoms with Crippen molar-refractivity contribution in [1.82, 2.24) is 4.90 Å². The number of carbonyl (C=O) groups excluding carboxylic acids is 2. The van der Waals surface area contributed by atoms with E-state index in [4.69, 9.17) is 9.47 Å². The molecule has 108 valence electrons. The number of aldehydes is 1. The number of nitrogens with zero attached hydrogens (tertiary/aromatic N) is 1. The summed E-state index contributed by atoms with van der Waals surface area (Å²) in [6.07, 6.45) is 0.869. The van der Waals surface area contributed by atoms with Gasteiger partial charge in [-0.2, -0.15) is 0 Å². The van der Waals surface area contributed by atoms with Crippen LogP contribution in [-0.2, 0) is 16.1 Å². The maximum Gasteiger partial charge on any atom is 0.226 e. The second-order valence-electron chi connectivity index (χ2n) is 4.99. The van der Waals surface area contributed by atoms with Gasteiger partial charge in [-0.3, -0.25) is 4.79 Å². The van der Waals surface area contributed by atoms with Crippen LogP contribution in [0.1, 0.15) is 12.5 Å². The number of benzene rings is 1. The fourth-order valence-corrected chi connectivity index (χ4v) is 2.47. The van der Waals surface area contributed by atoms with Crippen molar-refractivity contribution in [3.8, 4) is 11.5 Å². The minimum Gasteiger partial charge on any atom is -0.497 e. The van der Waals surface area contributed by atoms with Crippen LogP contribution in [0.3, 0.4) is 0 Å². The van der Waals surface area contributed by atoms with Crippen LogP contribution < -0.4 is 9.47 Å². The van der Waals surface area contributed by atoms with Crippen molar-refractivity contribution in [3.63, 3.8) is 0 Å². The van der Waals surface area contributed by atoms with E-state index in [-0.39, 0.29) is 17.7 Å². The van der Waals surface area contributed by atoms with Gasteiger partial charge >= 0.3 is 0 Å². The fourth-order valence-electron chi connectivity index (χ4n) is 2.47. The average molecular weight is 277 g/mol. The predicted octanol–water partition coefficient (Wildman–Crippen LogP) is 1.50. The number of methoxy groups -OCH3 is 2. The van der Waals surface area contributed by atoms with Crippen molar-refractivity contribution in [2.45, 2.75) is 13.5 Å². The Morgan fingerprint density at radius 2 is 2.10 bits per heavy atom. The highest BCUT2D eigenvalue weighted by Crippen LogP contribution is 2.29. The SMILES string of the molecule is COc1ccc(CN2C[C@H](C=O)[C@@H](C)C2=O)c(OC)c1. The Bertz CT molecular complexity index is 515. The number of likely N-dealkylation sites (tertiary alicyclic amines) is 1. The molecule has 0 aromatic heterocycles. The standard InChI is InChI=1S/C15H19NO4/c1-10-12(9-17)8-16(15(10)18)7-11-4-5-13(19-2)6-14(11)20-3/h4-6,9-10,12H,7-8H2,1-3H3/t10-,12-/m1/s1. The molecule has 1 aliphatic heterocycles. The third-order valence-corrected chi connectivity index (χ3v) is 3.80. The summed E-state index contributed by atoms with van der Waals surface area (Å²) in [7, 11) is 3.18. The van der Waals surface area contributed by atoms with E-state index >= 15 is 0 Å². The zero-order chi connectivity index (χ0) is 14.7. The summed E-state index contributed by atoms with van der Waals surface area (Å²) >= 11 is 0. The first kappa shape index (κ1) is 14.4. The van der Waals surface area contributed by atoms with E-state index < -0.39 is 0 Å². The molecule has 20 heavy (non-hydrogen) atoms. The van der Waals surface area contributed by atoms with E-state index in [1.54, 1.807) is 32.1 Å². The molecule has 0 spiro atoms. The van der Waals surface area contributed by atoms with E-state index in [1.165, 1.54) is 0 Å². The van der Waals surface area contributed by atoms with Gasteiger partial charge in [0.25, 0.3) is 0 Å². The smallest absolute Gasteiger partial charge is 0.226 e. The first-order valence-electron chi connectivity index (χ1n) is 6.55. The highest BCUT2D eigenvalue weighted by atomic mass is 16.5. The van der Waals surface area contributed by atoms with Gasteiger partial charge in [0.05, 0.1) is 14.2 Å². The number of hydrogen-bond donors (Lipinski definition) is 0. The molecular weight excluding hydrogens is 258 g/mol. The monoisotopic (exact) mass is 277 g/mol. The summed E-state index contributed by atoms with van der Waals surface area (Å²) in [6.45, 7) is 2.71. The lowest BCUT2D eigenvalue weighted by Gasteiger charge is -2.18. The Labute approximate surface area is 118 Å². The Balaban J connectivity index is 2.18. The quantitative estimate of drug-likeness (QED) is 0.765. The third kappa shape index (κ3) is 2.61. The summed E-state index contributed by atoms with van der Waals surface area (Å²) in [5.74, 6) is 0.945. The van der Waals surface area contributed by atoms with Crippen LogP contribution in [0, 0.1) is 11.8 Å². The first-order chi connectivity index (χ1) is 9.60. The highest BCUT2D eigenvalue weighted by molar-refractivity contribution is 5.85. The normalized spacial score (nSPS) is 21.9. The van der Waals surface area contributed by atoms with Gasteiger partial charge in [0.2, 0.25) is 5.91 Å². The van der Waals surface area contributed by atoms with E-state index in [0.29, 0.717) is 24.6 Å². The van der Waals surface area contributed by atoms with E-state index in [0.717, 1.165) is 11.8 Å². The maximum absolute atomic E-state index is 12.1. The van der Waals surface area contributed by atoms with Crippen molar-refractivity contribution >= 4 is 12.2 Å². The summed E-state index contributed by atoms with van der Waals surface area (Å²) in [5, 5.41) is 0. The molecule has 5 heteroatoms. The highest BCUT2D eigenvalue weighted by Gasteiger charge is 2.37. The molecule has 1 aliphatic rings. The summed E-state index contributed by atoms with van der Waals surface area (Å²) < 4.78 is 10.5. The van der Waals surface area contributed by atoms with Crippen molar-refractivity contribution < 1.29 is 19.1 Å². The zero-order valence-corrected chi connectivity index (χ0v) is 12.0. The summed E-state index contributed by atoms with van der Waals surface area (Å²) in [5.41, 5.74) is 0.903. The Hall–Kier alpha value is -2.04. The lowest BCUT2D eigenvalue weighted by molar-refractivity contribution is -0.131. The largest absolute Gasteiger partial charge is 0.497 e. The third-order valence-electron chi connectivity index (χ3n) is 3.80. The van der Waals surface area contributed by atoms with Crippen LogP contribution in [-0.4, -0.2) is 37.9 Å². The van der Waals surface area contributed by atoms with Gasteiger partial charge in [0, 0.05) is 36.6 Å². The lowest BCUT2D eigenvalue weighted by atomic mass is 10.00. The van der Waals surface area contributed by atoms with Crippen LogP contribution in [0.25, 0.3) is 0 Å². The molecular formula is C15H19NO4. The minimum absolute atomic E-state index is 0.0139. The van der Waals surface area contributed by atoms with Crippen molar-refractivity contribution in [1.29, 1.82) is 0 Å². The molecule has 0 N–H and O–H groups in total. The molecule has 1 aromatic rings. The number of carbonyl (C=O) groups is 2. The molecule has 0 aliphatic carbocycles. The minimum atomic E-state index is -0.239. The van der Waals surface area contributed by atoms with Crippen molar-refractivity contribution in [2.75, 3.05) is 20.8 Å². The molecule has 5 nitrogen and oxygen atoms in total. The fraction of sp³-hybridized carbons (Fsp3) is 0.467. The second kappa shape index (κ2) is 5.94. The molecule has 0 bridgehead atoms. The molecule has 1 saturated heterocycles. The van der Waals surface area contributed by atoms with Gasteiger partial charge in [-0.25, -0.2) is 0 Å².